The van der Waals surface area contributed by atoms with Crippen LogP contribution in [0.2, 0.25) is 0 Å². The first-order valence-electron chi connectivity index (χ1n) is 10.1. The molecule has 1 aliphatic rings. The summed E-state index contributed by atoms with van der Waals surface area (Å²) in [6.07, 6.45) is 0.841. The second kappa shape index (κ2) is 8.50. The molecule has 0 fully saturated rings. The van der Waals surface area contributed by atoms with Crippen molar-refractivity contribution in [3.05, 3.63) is 52.1 Å². The number of carbonyl (C=O) groups is 2. The van der Waals surface area contributed by atoms with Crippen LogP contribution in [0.4, 0.5) is 0 Å². The van der Waals surface area contributed by atoms with Gasteiger partial charge in [-0.15, -0.1) is 0 Å². The number of hydrogen-bond donors (Lipinski definition) is 0. The maximum Gasteiger partial charge on any atom is 0.141 e. The fourth-order valence-electron chi connectivity index (χ4n) is 4.05. The summed E-state index contributed by atoms with van der Waals surface area (Å²) in [4.78, 5) is 26.1. The number of rotatable bonds is 3. The van der Waals surface area contributed by atoms with Crippen molar-refractivity contribution in [2.24, 2.45) is 0 Å². The number of fused-ring (bicyclic) bond motifs is 4. The zero-order valence-electron chi connectivity index (χ0n) is 18.7. The second-order valence-corrected chi connectivity index (χ2v) is 8.84. The van der Waals surface area contributed by atoms with E-state index in [-0.39, 0.29) is 42.7 Å². The van der Waals surface area contributed by atoms with E-state index in [9.17, 15) is 9.59 Å². The van der Waals surface area contributed by atoms with E-state index in [1.165, 1.54) is 0 Å². The van der Waals surface area contributed by atoms with Crippen molar-refractivity contribution < 1.29 is 23.8 Å². The molecule has 2 aromatic carbocycles. The van der Waals surface area contributed by atoms with Crippen LogP contribution >= 0.6 is 0 Å². The van der Waals surface area contributed by atoms with Crippen LogP contribution in [0.3, 0.4) is 0 Å². The molecule has 0 aromatic heterocycles. The van der Waals surface area contributed by atoms with Crippen molar-refractivity contribution in [1.82, 2.24) is 0 Å². The van der Waals surface area contributed by atoms with E-state index in [1.807, 2.05) is 24.3 Å². The summed E-state index contributed by atoms with van der Waals surface area (Å²) < 4.78 is 16.7. The van der Waals surface area contributed by atoms with Gasteiger partial charge in [0.15, 0.2) is 0 Å². The van der Waals surface area contributed by atoms with Gasteiger partial charge in [0.2, 0.25) is 0 Å². The number of ketones is 2. The van der Waals surface area contributed by atoms with Crippen LogP contribution < -0.4 is 14.2 Å². The van der Waals surface area contributed by atoms with Crippen LogP contribution in [0.1, 0.15) is 48.6 Å². The zero-order chi connectivity index (χ0) is 22.1. The number of Topliss-reactive ketones (excluding diaryl/α,β-unsaturated/α-hetero) is 2. The predicted octanol–water partition coefficient (Wildman–Crippen LogP) is 4.03. The molecule has 0 spiro atoms. The quantitative estimate of drug-likeness (QED) is 0.764. The normalized spacial score (nSPS) is 14.6. The summed E-state index contributed by atoms with van der Waals surface area (Å²) in [7, 11) is 4.74. The highest BCUT2D eigenvalue weighted by Crippen LogP contribution is 2.35. The Hall–Kier alpha value is -2.82. The molecular weight excluding hydrogens is 380 g/mol. The Bertz CT molecular complexity index is 920. The standard InChI is InChI=1S/C25H30O5/c1-25(2,3)19-7-15-9-20(26)11-17-13-22(28-4)14-18(24(17)30-6)12-21(27)10-16(8-19)23(15)29-5/h7-8,13-14H,9-12H2,1-6H3. The fourth-order valence-corrected chi connectivity index (χ4v) is 4.05. The van der Waals surface area contributed by atoms with Gasteiger partial charge in [-0.3, -0.25) is 9.59 Å². The Morgan fingerprint density at radius 1 is 0.633 bits per heavy atom. The average molecular weight is 411 g/mol. The first kappa shape index (κ1) is 21.9. The number of benzene rings is 2. The largest absolute Gasteiger partial charge is 0.497 e. The minimum atomic E-state index is -0.111. The van der Waals surface area contributed by atoms with E-state index in [0.29, 0.717) is 17.2 Å². The molecule has 0 saturated heterocycles. The Morgan fingerprint density at radius 3 is 1.30 bits per heavy atom. The van der Waals surface area contributed by atoms with Crippen molar-refractivity contribution >= 4 is 11.6 Å². The van der Waals surface area contributed by atoms with Gasteiger partial charge in [0, 0.05) is 47.9 Å². The van der Waals surface area contributed by atoms with Gasteiger partial charge >= 0.3 is 0 Å². The molecule has 0 saturated carbocycles. The Kier molecular flexibility index (Phi) is 6.20. The van der Waals surface area contributed by atoms with Crippen molar-refractivity contribution in [3.8, 4) is 17.2 Å². The smallest absolute Gasteiger partial charge is 0.141 e. The molecule has 1 aliphatic carbocycles. The number of methoxy groups -OCH3 is 3. The van der Waals surface area contributed by atoms with Crippen LogP contribution in [-0.2, 0) is 40.7 Å². The first-order valence-corrected chi connectivity index (χ1v) is 10.1. The van der Waals surface area contributed by atoms with Gasteiger partial charge in [-0.1, -0.05) is 32.9 Å². The third-order valence-electron chi connectivity index (χ3n) is 5.52. The maximum absolute atomic E-state index is 13.1. The van der Waals surface area contributed by atoms with Crippen molar-refractivity contribution in [2.45, 2.75) is 51.9 Å². The first-order chi connectivity index (χ1) is 14.2. The van der Waals surface area contributed by atoms with Gasteiger partial charge in [-0.25, -0.2) is 0 Å². The Balaban J connectivity index is 2.18. The van der Waals surface area contributed by atoms with Gasteiger partial charge in [0.05, 0.1) is 21.3 Å². The van der Waals surface area contributed by atoms with Gasteiger partial charge < -0.3 is 14.2 Å². The molecule has 0 atom stereocenters. The third kappa shape index (κ3) is 4.50. The SMILES string of the molecule is COc1cc2c(OC)c(c1)CC(=O)Cc1cc(C(C)(C)C)cc(c1OC)CC(=O)C2. The van der Waals surface area contributed by atoms with Crippen LogP contribution in [0, 0.1) is 0 Å². The lowest BCUT2D eigenvalue weighted by molar-refractivity contribution is -0.118. The minimum Gasteiger partial charge on any atom is -0.497 e. The highest BCUT2D eigenvalue weighted by molar-refractivity contribution is 5.88. The lowest BCUT2D eigenvalue weighted by Gasteiger charge is -2.24. The molecular formula is C25H30O5. The van der Waals surface area contributed by atoms with E-state index < -0.39 is 0 Å². The van der Waals surface area contributed by atoms with Crippen LogP contribution in [-0.4, -0.2) is 32.9 Å². The topological polar surface area (TPSA) is 61.8 Å². The molecule has 5 heteroatoms. The van der Waals surface area contributed by atoms with E-state index >= 15 is 0 Å². The Labute approximate surface area is 178 Å². The van der Waals surface area contributed by atoms with E-state index in [2.05, 4.69) is 20.8 Å². The second-order valence-electron chi connectivity index (χ2n) is 8.84. The molecule has 30 heavy (non-hydrogen) atoms. The minimum absolute atomic E-state index is 0.0507. The van der Waals surface area contributed by atoms with Crippen molar-refractivity contribution in [2.75, 3.05) is 21.3 Å². The molecule has 3 rings (SSSR count). The molecule has 0 unspecified atom stereocenters. The van der Waals surface area contributed by atoms with E-state index in [1.54, 1.807) is 21.3 Å². The molecule has 0 heterocycles. The number of carbonyl (C=O) groups excluding carboxylic acids is 2. The number of hydrogen-bond acceptors (Lipinski definition) is 5. The molecule has 2 aromatic rings. The molecule has 4 bridgehead atoms. The summed E-state index contributed by atoms with van der Waals surface area (Å²) in [6, 6.07) is 7.69. The van der Waals surface area contributed by atoms with Crippen LogP contribution in [0.5, 0.6) is 17.2 Å². The predicted molar refractivity (Wildman–Crippen MR) is 116 cm³/mol. The van der Waals surface area contributed by atoms with Crippen molar-refractivity contribution in [1.29, 1.82) is 0 Å². The summed E-state index contributed by atoms with van der Waals surface area (Å²) in [5.41, 5.74) is 4.08. The molecule has 0 N–H and O–H groups in total. The summed E-state index contributed by atoms with van der Waals surface area (Å²) in [5.74, 6) is 1.94. The van der Waals surface area contributed by atoms with E-state index in [4.69, 9.17) is 14.2 Å². The molecule has 0 radical (unpaired) electrons. The molecule has 0 aliphatic heterocycles. The average Bonchev–Trinajstić information content (AvgIpc) is 2.66. The number of ether oxygens (including phenoxy) is 3. The lowest BCUT2D eigenvalue weighted by atomic mass is 9.82. The highest BCUT2D eigenvalue weighted by atomic mass is 16.5. The summed E-state index contributed by atoms with van der Waals surface area (Å²) >= 11 is 0. The van der Waals surface area contributed by atoms with Crippen LogP contribution in [0.25, 0.3) is 0 Å². The van der Waals surface area contributed by atoms with Gasteiger partial charge in [-0.2, -0.15) is 0 Å². The zero-order valence-corrected chi connectivity index (χ0v) is 18.7. The monoisotopic (exact) mass is 410 g/mol. The van der Waals surface area contributed by atoms with E-state index in [0.717, 1.165) is 27.8 Å². The lowest BCUT2D eigenvalue weighted by Crippen LogP contribution is -2.18. The highest BCUT2D eigenvalue weighted by Gasteiger charge is 2.25. The Morgan fingerprint density at radius 2 is 1.00 bits per heavy atom. The molecule has 160 valence electrons. The van der Waals surface area contributed by atoms with Gasteiger partial charge in [0.25, 0.3) is 0 Å². The third-order valence-corrected chi connectivity index (χ3v) is 5.52. The van der Waals surface area contributed by atoms with Crippen molar-refractivity contribution in [3.63, 3.8) is 0 Å². The fraction of sp³-hybridized carbons (Fsp3) is 0.440. The molecule has 5 nitrogen and oxygen atoms in total. The molecule has 0 amide bonds. The van der Waals surface area contributed by atoms with Crippen LogP contribution in [0.15, 0.2) is 24.3 Å². The maximum atomic E-state index is 13.1. The summed E-state index contributed by atoms with van der Waals surface area (Å²) in [5, 5.41) is 0. The van der Waals surface area contributed by atoms with Gasteiger partial charge in [0.1, 0.15) is 28.8 Å². The summed E-state index contributed by atoms with van der Waals surface area (Å²) in [6.45, 7) is 6.37. The van der Waals surface area contributed by atoms with Gasteiger partial charge in [-0.05, 0) is 23.1 Å².